The number of aryl methyl sites for hydroxylation is 1. The molecule has 41 heavy (non-hydrogen) atoms. The second kappa shape index (κ2) is 13.2. The Hall–Kier alpha value is -4.60. The lowest BCUT2D eigenvalue weighted by Gasteiger charge is -2.21. The van der Waals surface area contributed by atoms with Crippen LogP contribution in [0.3, 0.4) is 0 Å². The first kappa shape index (κ1) is 30.9. The molecule has 0 fully saturated rings. The third-order valence-corrected chi connectivity index (χ3v) is 5.92. The normalized spacial score (nSPS) is 10.9. The van der Waals surface area contributed by atoms with Crippen LogP contribution in [0.1, 0.15) is 54.7 Å². The number of alkyl carbamates (subject to hydrolysis) is 1. The maximum Gasteiger partial charge on any atom is 0.407 e. The van der Waals surface area contributed by atoms with Crippen molar-refractivity contribution in [1.82, 2.24) is 10.6 Å². The number of carbonyl (C=O) groups is 3. The number of ether oxygens (including phenoxy) is 3. The zero-order valence-corrected chi connectivity index (χ0v) is 24.4. The number of nitrogens with one attached hydrogen (secondary N) is 3. The van der Waals surface area contributed by atoms with Gasteiger partial charge >= 0.3 is 6.09 Å². The Morgan fingerprint density at radius 3 is 2.00 bits per heavy atom. The van der Waals surface area contributed by atoms with Crippen LogP contribution in [0, 0.1) is 12.7 Å². The molecule has 0 aliphatic heterocycles. The molecule has 0 aliphatic carbocycles. The molecule has 0 saturated carbocycles. The molecule has 218 valence electrons. The molecule has 3 aromatic carbocycles. The molecule has 0 aliphatic rings. The average Bonchev–Trinajstić information content (AvgIpc) is 2.89. The van der Waals surface area contributed by atoms with Crippen LogP contribution < -0.4 is 25.4 Å². The lowest BCUT2D eigenvalue weighted by molar-refractivity contribution is -0.114. The van der Waals surface area contributed by atoms with Crippen LogP contribution in [-0.4, -0.2) is 37.7 Å². The first-order valence-electron chi connectivity index (χ1n) is 13.0. The Morgan fingerprint density at radius 2 is 1.44 bits per heavy atom. The van der Waals surface area contributed by atoms with Crippen LogP contribution in [0.2, 0.25) is 0 Å². The van der Waals surface area contributed by atoms with E-state index in [1.807, 2.05) is 0 Å². The van der Waals surface area contributed by atoms with E-state index in [0.717, 1.165) is 5.56 Å². The summed E-state index contributed by atoms with van der Waals surface area (Å²) in [4.78, 5) is 38.2. The zero-order chi connectivity index (χ0) is 30.3. The third-order valence-electron chi connectivity index (χ3n) is 5.92. The predicted octanol–water partition coefficient (Wildman–Crippen LogP) is 5.73. The summed E-state index contributed by atoms with van der Waals surface area (Å²) in [6.45, 7) is 8.51. The molecule has 0 unspecified atom stereocenters. The molecular formula is C31H36FN3O6. The highest BCUT2D eigenvalue weighted by molar-refractivity contribution is 6.08. The number of anilines is 1. The number of carbonyl (C=O) groups excluding carboxylic acids is 3. The van der Waals surface area contributed by atoms with Gasteiger partial charge in [-0.1, -0.05) is 6.07 Å². The Kier molecular flexibility index (Phi) is 9.94. The van der Waals surface area contributed by atoms with E-state index in [1.54, 1.807) is 64.1 Å². The van der Waals surface area contributed by atoms with Gasteiger partial charge in [-0.15, -0.1) is 0 Å². The standard InChI is InChI=1S/C31H36FN3O6/c1-18-10-22(32)8-9-25(18)26-13-21(17-34-30(38)41-31(3,4)5)14-27(28(26)35-19(2)36)29(37)33-16-20-11-23(39-6)15-24(12-20)40-7/h8-15H,16-17H2,1-7H3,(H,33,37)(H,34,38)(H,35,36). The third kappa shape index (κ3) is 8.69. The van der Waals surface area contributed by atoms with Crippen molar-refractivity contribution in [2.45, 2.75) is 53.3 Å². The van der Waals surface area contributed by atoms with Gasteiger partial charge in [-0.05, 0) is 86.3 Å². The fraction of sp³-hybridized carbons (Fsp3) is 0.323. The van der Waals surface area contributed by atoms with Crippen LogP contribution in [0.25, 0.3) is 11.1 Å². The van der Waals surface area contributed by atoms with Gasteiger partial charge in [-0.25, -0.2) is 9.18 Å². The molecule has 9 nitrogen and oxygen atoms in total. The van der Waals surface area contributed by atoms with E-state index in [-0.39, 0.29) is 24.3 Å². The van der Waals surface area contributed by atoms with Crippen LogP contribution in [0.5, 0.6) is 11.5 Å². The summed E-state index contributed by atoms with van der Waals surface area (Å²) in [5, 5.41) is 8.36. The van der Waals surface area contributed by atoms with Crippen LogP contribution in [-0.2, 0) is 22.6 Å². The van der Waals surface area contributed by atoms with E-state index < -0.39 is 29.3 Å². The molecule has 0 spiro atoms. The highest BCUT2D eigenvalue weighted by atomic mass is 19.1. The van der Waals surface area contributed by atoms with Crippen molar-refractivity contribution < 1.29 is 33.0 Å². The van der Waals surface area contributed by atoms with Gasteiger partial charge in [0.25, 0.3) is 5.91 Å². The Morgan fingerprint density at radius 1 is 0.829 bits per heavy atom. The second-order valence-electron chi connectivity index (χ2n) is 10.5. The van der Waals surface area contributed by atoms with Crippen LogP contribution in [0.4, 0.5) is 14.9 Å². The Balaban J connectivity index is 2.06. The smallest absolute Gasteiger partial charge is 0.407 e. The van der Waals surface area contributed by atoms with Crippen molar-refractivity contribution in [2.24, 2.45) is 0 Å². The molecule has 0 aromatic heterocycles. The SMILES string of the molecule is COc1cc(CNC(=O)c2cc(CNC(=O)OC(C)(C)C)cc(-c3ccc(F)cc3C)c2NC(C)=O)cc(OC)c1. The van der Waals surface area contributed by atoms with Crippen molar-refractivity contribution in [3.63, 3.8) is 0 Å². The summed E-state index contributed by atoms with van der Waals surface area (Å²) in [6.07, 6.45) is -0.624. The Bertz CT molecular complexity index is 1430. The number of benzene rings is 3. The van der Waals surface area contributed by atoms with Gasteiger partial charge in [0.05, 0.1) is 25.5 Å². The van der Waals surface area contributed by atoms with Crippen molar-refractivity contribution in [2.75, 3.05) is 19.5 Å². The molecule has 0 saturated heterocycles. The van der Waals surface area contributed by atoms with E-state index >= 15 is 0 Å². The monoisotopic (exact) mass is 565 g/mol. The van der Waals surface area contributed by atoms with Gasteiger partial charge in [0.15, 0.2) is 0 Å². The summed E-state index contributed by atoms with van der Waals surface area (Å²) < 4.78 is 29.9. The molecule has 3 rings (SSSR count). The number of rotatable bonds is 9. The van der Waals surface area contributed by atoms with Gasteiger partial charge in [0.1, 0.15) is 22.9 Å². The van der Waals surface area contributed by atoms with Crippen molar-refractivity contribution >= 4 is 23.6 Å². The van der Waals surface area contributed by atoms with E-state index in [4.69, 9.17) is 14.2 Å². The van der Waals surface area contributed by atoms with Gasteiger partial charge in [-0.2, -0.15) is 0 Å². The summed E-state index contributed by atoms with van der Waals surface area (Å²) in [6, 6.07) is 12.9. The molecule has 0 radical (unpaired) electrons. The number of methoxy groups -OCH3 is 2. The van der Waals surface area contributed by atoms with Crippen LogP contribution in [0.15, 0.2) is 48.5 Å². The first-order chi connectivity index (χ1) is 19.3. The average molecular weight is 566 g/mol. The van der Waals surface area contributed by atoms with Crippen LogP contribution >= 0.6 is 0 Å². The maximum atomic E-state index is 14.0. The molecular weight excluding hydrogens is 529 g/mol. The Labute approximate surface area is 239 Å². The van der Waals surface area contributed by atoms with Gasteiger partial charge in [0.2, 0.25) is 5.91 Å². The lowest BCUT2D eigenvalue weighted by atomic mass is 9.93. The lowest BCUT2D eigenvalue weighted by Crippen LogP contribution is -2.32. The van der Waals surface area contributed by atoms with Gasteiger partial charge in [-0.3, -0.25) is 9.59 Å². The fourth-order valence-electron chi connectivity index (χ4n) is 4.17. The topological polar surface area (TPSA) is 115 Å². The van der Waals surface area contributed by atoms with E-state index in [0.29, 0.717) is 33.8 Å². The molecule has 0 heterocycles. The predicted molar refractivity (Wildman–Crippen MR) is 155 cm³/mol. The second-order valence-corrected chi connectivity index (χ2v) is 10.5. The van der Waals surface area contributed by atoms with E-state index in [1.165, 1.54) is 33.3 Å². The summed E-state index contributed by atoms with van der Waals surface area (Å²) >= 11 is 0. The van der Waals surface area contributed by atoms with E-state index in [2.05, 4.69) is 16.0 Å². The number of hydrogen-bond acceptors (Lipinski definition) is 6. The molecule has 0 bridgehead atoms. The molecule has 10 heteroatoms. The summed E-state index contributed by atoms with van der Waals surface area (Å²) in [5.41, 5.74) is 2.74. The largest absolute Gasteiger partial charge is 0.497 e. The molecule has 0 atom stereocenters. The maximum absolute atomic E-state index is 14.0. The van der Waals surface area contributed by atoms with Gasteiger partial charge < -0.3 is 30.2 Å². The minimum absolute atomic E-state index is 0.0376. The molecule has 3 N–H and O–H groups in total. The minimum atomic E-state index is -0.691. The minimum Gasteiger partial charge on any atom is -0.497 e. The first-order valence-corrected chi connectivity index (χ1v) is 13.0. The zero-order valence-electron chi connectivity index (χ0n) is 24.4. The van der Waals surface area contributed by atoms with E-state index in [9.17, 15) is 18.8 Å². The summed E-state index contributed by atoms with van der Waals surface area (Å²) in [7, 11) is 3.07. The van der Waals surface area contributed by atoms with Crippen molar-refractivity contribution in [3.05, 3.63) is 76.6 Å². The highest BCUT2D eigenvalue weighted by Crippen LogP contribution is 2.35. The number of amides is 3. The fourth-order valence-corrected chi connectivity index (χ4v) is 4.17. The van der Waals surface area contributed by atoms with Crippen molar-refractivity contribution in [3.8, 4) is 22.6 Å². The number of hydrogen-bond donors (Lipinski definition) is 3. The number of halogens is 1. The van der Waals surface area contributed by atoms with Crippen molar-refractivity contribution in [1.29, 1.82) is 0 Å². The van der Waals surface area contributed by atoms with Gasteiger partial charge in [0, 0.05) is 31.6 Å². The molecule has 3 aromatic rings. The quantitative estimate of drug-likeness (QED) is 0.305. The highest BCUT2D eigenvalue weighted by Gasteiger charge is 2.22. The summed E-state index contributed by atoms with van der Waals surface area (Å²) in [5.74, 6) is -0.150. The molecule has 3 amide bonds.